The van der Waals surface area contributed by atoms with Crippen LogP contribution >= 0.6 is 0 Å². The van der Waals surface area contributed by atoms with E-state index in [9.17, 15) is 4.79 Å². The van der Waals surface area contributed by atoms with Gasteiger partial charge in [0.05, 0.1) is 0 Å². The molecule has 56 valence electrons. The third-order valence-corrected chi connectivity index (χ3v) is 3.41. The van der Waals surface area contributed by atoms with Gasteiger partial charge in [-0.15, -0.1) is 0 Å². The smallest absolute Gasteiger partial charge is 0.136 e. The molecule has 2 fully saturated rings. The number of ketones is 1. The van der Waals surface area contributed by atoms with Crippen molar-refractivity contribution in [3.63, 3.8) is 0 Å². The molecule has 0 N–H and O–H groups in total. The van der Waals surface area contributed by atoms with Gasteiger partial charge in [-0.3, -0.25) is 4.79 Å². The van der Waals surface area contributed by atoms with Crippen molar-refractivity contribution >= 4 is 5.78 Å². The molecule has 2 aliphatic rings. The zero-order chi connectivity index (χ0) is 7.19. The van der Waals surface area contributed by atoms with Crippen LogP contribution in [0.2, 0.25) is 0 Å². The van der Waals surface area contributed by atoms with E-state index in [1.54, 1.807) is 0 Å². The van der Waals surface area contributed by atoms with Gasteiger partial charge in [-0.1, -0.05) is 13.3 Å². The molecule has 2 atom stereocenters. The maximum absolute atomic E-state index is 11.3. The summed E-state index contributed by atoms with van der Waals surface area (Å²) in [7, 11) is 0. The van der Waals surface area contributed by atoms with E-state index in [-0.39, 0.29) is 0 Å². The molecule has 0 aliphatic heterocycles. The van der Waals surface area contributed by atoms with E-state index in [1.807, 2.05) is 0 Å². The van der Waals surface area contributed by atoms with Crippen molar-refractivity contribution in [2.45, 2.75) is 39.0 Å². The van der Waals surface area contributed by atoms with Gasteiger partial charge in [-0.2, -0.15) is 0 Å². The largest absolute Gasteiger partial charge is 0.299 e. The van der Waals surface area contributed by atoms with Crippen molar-refractivity contribution in [2.75, 3.05) is 0 Å². The Morgan fingerprint density at radius 1 is 1.50 bits per heavy atom. The quantitative estimate of drug-likeness (QED) is 0.501. The van der Waals surface area contributed by atoms with Crippen LogP contribution in [0, 0.1) is 11.3 Å². The molecular formula is C9H14O. The number of rotatable bonds is 0. The van der Waals surface area contributed by atoms with Crippen LogP contribution in [-0.4, -0.2) is 5.78 Å². The van der Waals surface area contributed by atoms with Gasteiger partial charge in [0.15, 0.2) is 0 Å². The van der Waals surface area contributed by atoms with Crippen LogP contribution in [-0.2, 0) is 4.79 Å². The predicted molar refractivity (Wildman–Crippen MR) is 39.7 cm³/mol. The molecule has 0 radical (unpaired) electrons. The van der Waals surface area contributed by atoms with Gasteiger partial charge < -0.3 is 0 Å². The molecule has 0 heterocycles. The first kappa shape index (κ1) is 6.38. The number of Topliss-reactive ketones (excluding diaryl/α,β-unsaturated/α-hetero) is 1. The molecule has 2 rings (SSSR count). The lowest BCUT2D eigenvalue weighted by Crippen LogP contribution is -2.18. The van der Waals surface area contributed by atoms with E-state index < -0.39 is 0 Å². The fourth-order valence-electron chi connectivity index (χ4n) is 2.66. The lowest BCUT2D eigenvalue weighted by Gasteiger charge is -2.21. The minimum absolute atomic E-state index is 0.428. The molecule has 0 aromatic rings. The zero-order valence-electron chi connectivity index (χ0n) is 6.52. The summed E-state index contributed by atoms with van der Waals surface area (Å²) in [5, 5.41) is 0. The third-order valence-electron chi connectivity index (χ3n) is 3.41. The number of hydrogen-bond donors (Lipinski definition) is 0. The molecule has 0 unspecified atom stereocenters. The minimum Gasteiger partial charge on any atom is -0.299 e. The first-order valence-corrected chi connectivity index (χ1v) is 4.25. The molecule has 0 aromatic carbocycles. The van der Waals surface area contributed by atoms with Crippen LogP contribution in [0.25, 0.3) is 0 Å². The Morgan fingerprint density at radius 3 is 3.00 bits per heavy atom. The summed E-state index contributed by atoms with van der Waals surface area (Å²) in [6.07, 6.45) is 5.78. The first-order valence-electron chi connectivity index (χ1n) is 4.25. The Labute approximate surface area is 61.8 Å². The molecule has 0 spiro atoms. The molecule has 1 nitrogen and oxygen atoms in total. The Balaban J connectivity index is 2.27. The Morgan fingerprint density at radius 2 is 2.30 bits per heavy atom. The van der Waals surface area contributed by atoms with Gasteiger partial charge in [0.1, 0.15) is 5.78 Å². The fourth-order valence-corrected chi connectivity index (χ4v) is 2.66. The summed E-state index contributed by atoms with van der Waals surface area (Å²) >= 11 is 0. The second kappa shape index (κ2) is 1.84. The van der Waals surface area contributed by atoms with E-state index in [2.05, 4.69) is 6.92 Å². The summed E-state index contributed by atoms with van der Waals surface area (Å²) in [6, 6.07) is 0. The number of carbonyl (C=O) groups excluding carboxylic acids is 1. The average Bonchev–Trinajstić information content (AvgIpc) is 2.35. The second-order valence-electron chi connectivity index (χ2n) is 4.07. The molecule has 10 heavy (non-hydrogen) atoms. The lowest BCUT2D eigenvalue weighted by atomic mass is 9.83. The van der Waals surface area contributed by atoms with Crippen molar-refractivity contribution in [3.05, 3.63) is 0 Å². The second-order valence-corrected chi connectivity index (χ2v) is 4.07. The van der Waals surface area contributed by atoms with Crippen molar-refractivity contribution in [1.82, 2.24) is 0 Å². The van der Waals surface area contributed by atoms with Gasteiger partial charge in [0.25, 0.3) is 0 Å². The summed E-state index contributed by atoms with van der Waals surface area (Å²) in [5.74, 6) is 0.993. The predicted octanol–water partition coefficient (Wildman–Crippen LogP) is 2.16. The van der Waals surface area contributed by atoms with Gasteiger partial charge in [0.2, 0.25) is 0 Å². The van der Waals surface area contributed by atoms with Gasteiger partial charge in [-0.05, 0) is 24.7 Å². The molecule has 1 heteroatoms. The molecule has 0 aromatic heterocycles. The molecular weight excluding hydrogens is 124 g/mol. The molecule has 0 saturated heterocycles. The van der Waals surface area contributed by atoms with Crippen LogP contribution in [0.1, 0.15) is 39.0 Å². The summed E-state index contributed by atoms with van der Waals surface area (Å²) in [5.41, 5.74) is 0.428. The van der Waals surface area contributed by atoms with Crippen LogP contribution in [0.4, 0.5) is 0 Å². The first-order chi connectivity index (χ1) is 4.72. The van der Waals surface area contributed by atoms with E-state index in [1.165, 1.54) is 19.3 Å². The average molecular weight is 138 g/mol. The number of carbonyl (C=O) groups is 1. The van der Waals surface area contributed by atoms with E-state index in [0.717, 1.165) is 12.8 Å². The lowest BCUT2D eigenvalue weighted by molar-refractivity contribution is -0.121. The van der Waals surface area contributed by atoms with Gasteiger partial charge >= 0.3 is 0 Å². The SMILES string of the molecule is C[C@@]12CCC[C@@H]1C(=O)CC2. The van der Waals surface area contributed by atoms with Crippen LogP contribution in [0.15, 0.2) is 0 Å². The highest BCUT2D eigenvalue weighted by Gasteiger charge is 2.47. The Bertz CT molecular complexity index is 174. The highest BCUT2D eigenvalue weighted by Crippen LogP contribution is 2.51. The fraction of sp³-hybridized carbons (Fsp3) is 0.889. The zero-order valence-corrected chi connectivity index (χ0v) is 6.52. The summed E-state index contributed by atoms with van der Waals surface area (Å²) in [6.45, 7) is 2.29. The Hall–Kier alpha value is -0.330. The van der Waals surface area contributed by atoms with Crippen LogP contribution in [0.3, 0.4) is 0 Å². The maximum atomic E-state index is 11.3. The van der Waals surface area contributed by atoms with Crippen LogP contribution < -0.4 is 0 Å². The summed E-state index contributed by atoms with van der Waals surface area (Å²) in [4.78, 5) is 11.3. The normalized spacial score (nSPS) is 46.1. The minimum atomic E-state index is 0.428. The Kier molecular flexibility index (Phi) is 1.17. The monoisotopic (exact) mass is 138 g/mol. The van der Waals surface area contributed by atoms with E-state index in [0.29, 0.717) is 17.1 Å². The topological polar surface area (TPSA) is 17.1 Å². The maximum Gasteiger partial charge on any atom is 0.136 e. The van der Waals surface area contributed by atoms with Crippen molar-refractivity contribution in [2.24, 2.45) is 11.3 Å². The van der Waals surface area contributed by atoms with Crippen molar-refractivity contribution in [3.8, 4) is 0 Å². The molecule has 2 aliphatic carbocycles. The van der Waals surface area contributed by atoms with Crippen LogP contribution in [0.5, 0.6) is 0 Å². The van der Waals surface area contributed by atoms with Crippen molar-refractivity contribution < 1.29 is 4.79 Å². The standard InChI is InChI=1S/C9H14O/c1-9-5-2-3-7(9)8(10)4-6-9/h7H,2-6H2,1H3/t7-,9+/m1/s1. The highest BCUT2D eigenvalue weighted by atomic mass is 16.1. The molecule has 0 bridgehead atoms. The molecule has 0 amide bonds. The molecule has 2 saturated carbocycles. The van der Waals surface area contributed by atoms with Gasteiger partial charge in [-0.25, -0.2) is 0 Å². The summed E-state index contributed by atoms with van der Waals surface area (Å²) < 4.78 is 0. The van der Waals surface area contributed by atoms with E-state index >= 15 is 0 Å². The van der Waals surface area contributed by atoms with Gasteiger partial charge in [0, 0.05) is 12.3 Å². The number of fused-ring (bicyclic) bond motifs is 1. The number of hydrogen-bond acceptors (Lipinski definition) is 1. The highest BCUT2D eigenvalue weighted by molar-refractivity contribution is 5.84. The van der Waals surface area contributed by atoms with Crippen molar-refractivity contribution in [1.29, 1.82) is 0 Å². The third kappa shape index (κ3) is 0.664. The van der Waals surface area contributed by atoms with E-state index in [4.69, 9.17) is 0 Å².